The Hall–Kier alpha value is -2.72. The summed E-state index contributed by atoms with van der Waals surface area (Å²) in [6.07, 6.45) is 6.16. The van der Waals surface area contributed by atoms with Gasteiger partial charge in [0.05, 0.1) is 0 Å². The lowest BCUT2D eigenvalue weighted by molar-refractivity contribution is 0.0694. The van der Waals surface area contributed by atoms with E-state index < -0.39 is 0 Å². The largest absolute Gasteiger partial charge is 0.489 e. The van der Waals surface area contributed by atoms with Crippen LogP contribution in [0.5, 0.6) is 5.75 Å². The molecule has 5 heteroatoms. The van der Waals surface area contributed by atoms with E-state index in [1.165, 1.54) is 0 Å². The van der Waals surface area contributed by atoms with Gasteiger partial charge in [-0.25, -0.2) is 0 Å². The van der Waals surface area contributed by atoms with Crippen LogP contribution in [0, 0.1) is 0 Å². The summed E-state index contributed by atoms with van der Waals surface area (Å²) in [6, 6.07) is 19.6. The molecule has 0 saturated carbocycles. The molecule has 1 aliphatic heterocycles. The Morgan fingerprint density at radius 1 is 1.00 bits per heavy atom. The summed E-state index contributed by atoms with van der Waals surface area (Å²) in [7, 11) is 0. The van der Waals surface area contributed by atoms with Crippen LogP contribution in [0.4, 0.5) is 0 Å². The summed E-state index contributed by atoms with van der Waals surface area (Å²) < 4.78 is 8.10. The third-order valence-electron chi connectivity index (χ3n) is 5.18. The smallest absolute Gasteiger partial charge is 0.253 e. The van der Waals surface area contributed by atoms with Gasteiger partial charge in [0.25, 0.3) is 5.91 Å². The van der Waals surface area contributed by atoms with Gasteiger partial charge in [-0.3, -0.25) is 4.79 Å². The van der Waals surface area contributed by atoms with Crippen molar-refractivity contribution in [3.8, 4) is 5.75 Å². The second kappa shape index (κ2) is 8.53. The van der Waals surface area contributed by atoms with Gasteiger partial charge in [0.2, 0.25) is 0 Å². The fraction of sp³-hybridized carbons (Fsp3) is 0.261. The highest BCUT2D eigenvalue weighted by Gasteiger charge is 2.24. The number of benzene rings is 2. The van der Waals surface area contributed by atoms with E-state index in [-0.39, 0.29) is 5.91 Å². The third kappa shape index (κ3) is 4.39. The molecule has 0 aliphatic carbocycles. The average molecular weight is 395 g/mol. The topological polar surface area (TPSA) is 34.5 Å². The summed E-state index contributed by atoms with van der Waals surface area (Å²) in [6.45, 7) is 1.96. The maximum absolute atomic E-state index is 12.9. The van der Waals surface area contributed by atoms with Gasteiger partial charge in [0.1, 0.15) is 12.4 Å². The van der Waals surface area contributed by atoms with Gasteiger partial charge < -0.3 is 14.2 Å². The zero-order valence-corrected chi connectivity index (χ0v) is 16.4. The van der Waals surface area contributed by atoms with Crippen molar-refractivity contribution in [2.45, 2.75) is 25.5 Å². The number of ether oxygens (including phenoxy) is 1. The van der Waals surface area contributed by atoms with E-state index in [1.54, 1.807) is 0 Å². The quantitative estimate of drug-likeness (QED) is 0.596. The van der Waals surface area contributed by atoms with E-state index in [4.69, 9.17) is 16.3 Å². The number of aromatic nitrogens is 1. The van der Waals surface area contributed by atoms with Gasteiger partial charge in [-0.15, -0.1) is 0 Å². The van der Waals surface area contributed by atoms with Gasteiger partial charge in [-0.05, 0) is 60.9 Å². The lowest BCUT2D eigenvalue weighted by Gasteiger charge is -2.33. The molecule has 1 saturated heterocycles. The van der Waals surface area contributed by atoms with Crippen molar-refractivity contribution in [2.75, 3.05) is 13.1 Å². The number of nitrogens with zero attached hydrogens (tertiary/aromatic N) is 2. The number of carbonyl (C=O) groups is 1. The van der Waals surface area contributed by atoms with E-state index >= 15 is 0 Å². The molecule has 4 nitrogen and oxygen atoms in total. The van der Waals surface area contributed by atoms with E-state index in [0.29, 0.717) is 29.0 Å². The number of hydrogen-bond acceptors (Lipinski definition) is 2. The van der Waals surface area contributed by atoms with Gasteiger partial charge in [-0.1, -0.05) is 29.8 Å². The van der Waals surface area contributed by atoms with Gasteiger partial charge in [0, 0.05) is 42.1 Å². The number of rotatable bonds is 5. The van der Waals surface area contributed by atoms with Crippen molar-refractivity contribution in [1.29, 1.82) is 0 Å². The van der Waals surface area contributed by atoms with Crippen molar-refractivity contribution in [3.63, 3.8) is 0 Å². The van der Waals surface area contributed by atoms with Crippen molar-refractivity contribution in [1.82, 2.24) is 9.47 Å². The summed E-state index contributed by atoms with van der Waals surface area (Å²) in [5.41, 5.74) is 1.67. The lowest BCUT2D eigenvalue weighted by Crippen LogP contribution is -2.38. The molecular weight excluding hydrogens is 372 g/mol. The first-order valence-corrected chi connectivity index (χ1v) is 9.96. The predicted molar refractivity (Wildman–Crippen MR) is 111 cm³/mol. The number of piperidine rings is 1. The number of halogens is 1. The first kappa shape index (κ1) is 18.6. The maximum Gasteiger partial charge on any atom is 0.253 e. The Labute approximate surface area is 170 Å². The highest BCUT2D eigenvalue weighted by atomic mass is 35.5. The first-order valence-electron chi connectivity index (χ1n) is 9.58. The molecule has 2 aromatic carbocycles. The lowest BCUT2D eigenvalue weighted by atomic mass is 10.0. The van der Waals surface area contributed by atoms with Crippen molar-refractivity contribution < 1.29 is 9.53 Å². The average Bonchev–Trinajstić information content (AvgIpc) is 3.27. The molecule has 1 aliphatic rings. The molecule has 0 N–H and O–H groups in total. The molecule has 1 aromatic heterocycles. The molecule has 0 atom stereocenters. The Morgan fingerprint density at radius 2 is 1.75 bits per heavy atom. The molecule has 0 bridgehead atoms. The zero-order chi connectivity index (χ0) is 19.3. The minimum atomic E-state index is 0.0687. The minimum Gasteiger partial charge on any atom is -0.489 e. The van der Waals surface area contributed by atoms with Crippen LogP contribution in [0.2, 0.25) is 5.02 Å². The van der Waals surface area contributed by atoms with Crippen LogP contribution in [-0.2, 0) is 6.61 Å². The first-order chi connectivity index (χ1) is 13.7. The van der Waals surface area contributed by atoms with Gasteiger partial charge in [-0.2, -0.15) is 0 Å². The summed E-state index contributed by atoms with van der Waals surface area (Å²) in [5, 5.41) is 0.688. The molecule has 28 heavy (non-hydrogen) atoms. The SMILES string of the molecule is O=C(c1cccc(OCc2cccc(Cl)c2)c1)N1CCC(n2cccc2)CC1. The Morgan fingerprint density at radius 3 is 2.50 bits per heavy atom. The molecule has 1 fully saturated rings. The molecule has 1 amide bonds. The molecule has 0 spiro atoms. The van der Waals surface area contributed by atoms with Gasteiger partial charge in [0.15, 0.2) is 0 Å². The summed E-state index contributed by atoms with van der Waals surface area (Å²) >= 11 is 6.01. The second-order valence-electron chi connectivity index (χ2n) is 7.10. The molecule has 144 valence electrons. The standard InChI is InChI=1S/C23H23ClN2O2/c24-20-7-3-5-18(15-20)17-28-22-8-4-6-19(16-22)23(27)26-13-9-21(10-14-26)25-11-1-2-12-25/h1-8,11-12,15-16,21H,9-10,13-14,17H2. The fourth-order valence-corrected chi connectivity index (χ4v) is 3.87. The van der Waals surface area contributed by atoms with E-state index in [9.17, 15) is 4.79 Å². The molecule has 3 aromatic rings. The van der Waals surface area contributed by atoms with Crippen molar-refractivity contribution in [3.05, 3.63) is 89.2 Å². The zero-order valence-electron chi connectivity index (χ0n) is 15.6. The monoisotopic (exact) mass is 394 g/mol. The number of likely N-dealkylation sites (tertiary alicyclic amines) is 1. The number of hydrogen-bond donors (Lipinski definition) is 0. The Kier molecular flexibility index (Phi) is 5.68. The van der Waals surface area contributed by atoms with Crippen LogP contribution in [0.15, 0.2) is 73.1 Å². The van der Waals surface area contributed by atoms with E-state index in [1.807, 2.05) is 65.6 Å². The van der Waals surface area contributed by atoms with Crippen LogP contribution in [-0.4, -0.2) is 28.5 Å². The van der Waals surface area contributed by atoms with Crippen LogP contribution >= 0.6 is 11.6 Å². The maximum atomic E-state index is 12.9. The third-order valence-corrected chi connectivity index (χ3v) is 5.41. The van der Waals surface area contributed by atoms with Gasteiger partial charge >= 0.3 is 0 Å². The summed E-state index contributed by atoms with van der Waals surface area (Å²) in [4.78, 5) is 14.9. The fourth-order valence-electron chi connectivity index (χ4n) is 3.65. The molecule has 2 heterocycles. The van der Waals surface area contributed by atoms with Crippen LogP contribution in [0.3, 0.4) is 0 Å². The Balaban J connectivity index is 1.36. The van der Waals surface area contributed by atoms with E-state index in [2.05, 4.69) is 17.0 Å². The molecule has 0 radical (unpaired) electrons. The molecule has 0 unspecified atom stereocenters. The van der Waals surface area contributed by atoms with Crippen molar-refractivity contribution >= 4 is 17.5 Å². The van der Waals surface area contributed by atoms with Crippen LogP contribution in [0.25, 0.3) is 0 Å². The number of carbonyl (C=O) groups excluding carboxylic acids is 1. The normalized spacial score (nSPS) is 14.8. The molecular formula is C23H23ClN2O2. The van der Waals surface area contributed by atoms with Crippen LogP contribution in [0.1, 0.15) is 34.8 Å². The van der Waals surface area contributed by atoms with Crippen molar-refractivity contribution in [2.24, 2.45) is 0 Å². The number of amides is 1. The second-order valence-corrected chi connectivity index (χ2v) is 7.54. The molecule has 4 rings (SSSR count). The van der Waals surface area contributed by atoms with Crippen LogP contribution < -0.4 is 4.74 Å². The summed E-state index contributed by atoms with van der Waals surface area (Å²) in [5.74, 6) is 0.757. The highest BCUT2D eigenvalue weighted by Crippen LogP contribution is 2.24. The predicted octanol–water partition coefficient (Wildman–Crippen LogP) is 5.20. The van der Waals surface area contributed by atoms with E-state index in [0.717, 1.165) is 31.5 Å². The highest BCUT2D eigenvalue weighted by molar-refractivity contribution is 6.30. The minimum absolute atomic E-state index is 0.0687. The Bertz CT molecular complexity index is 931.